The summed E-state index contributed by atoms with van der Waals surface area (Å²) in [7, 11) is 0. The summed E-state index contributed by atoms with van der Waals surface area (Å²) in [6.07, 6.45) is 15.6. The monoisotopic (exact) mass is 686 g/mol. The van der Waals surface area contributed by atoms with Crippen molar-refractivity contribution in [3.8, 4) is 0 Å². The SMILES string of the molecule is CC1(C2CC[C@]3(N)CC[C@]4(C)[C@H](CC[C@@H]5[C@@]6(C)CC[C@H](OC(=O)[C@H]7C[C@@H](C(=O)OCc8ccccc8)C7(C)C)C(C)(C)[C@@H]6CC[C@]54C)[C@@H]23)CC1. The highest BCUT2D eigenvalue weighted by atomic mass is 16.5. The third-order valence-corrected chi connectivity index (χ3v) is 18.7. The van der Waals surface area contributed by atoms with Gasteiger partial charge in [-0.05, 0) is 146 Å². The highest BCUT2D eigenvalue weighted by molar-refractivity contribution is 5.82. The van der Waals surface area contributed by atoms with Crippen molar-refractivity contribution in [2.45, 2.75) is 157 Å². The Bertz CT molecular complexity index is 1510. The Kier molecular flexibility index (Phi) is 7.96. The van der Waals surface area contributed by atoms with E-state index in [1.165, 1.54) is 64.2 Å². The van der Waals surface area contributed by atoms with E-state index in [1.54, 1.807) is 0 Å². The number of carbonyl (C=O) groups excluding carboxylic acids is 2. The van der Waals surface area contributed by atoms with Gasteiger partial charge in [-0.2, -0.15) is 0 Å². The van der Waals surface area contributed by atoms with Crippen molar-refractivity contribution in [2.75, 3.05) is 0 Å². The minimum absolute atomic E-state index is 0.0617. The van der Waals surface area contributed by atoms with Gasteiger partial charge in [0.05, 0.1) is 11.8 Å². The van der Waals surface area contributed by atoms with Crippen molar-refractivity contribution in [3.63, 3.8) is 0 Å². The number of ether oxygens (including phenoxy) is 2. The molecule has 0 radical (unpaired) electrons. The molecule has 12 atom stereocenters. The van der Waals surface area contributed by atoms with Gasteiger partial charge in [-0.1, -0.05) is 85.7 Å². The molecule has 276 valence electrons. The molecule has 1 unspecified atom stereocenters. The van der Waals surface area contributed by atoms with E-state index < -0.39 is 5.41 Å². The van der Waals surface area contributed by atoms with E-state index in [1.807, 2.05) is 44.2 Å². The van der Waals surface area contributed by atoms with Crippen LogP contribution in [0.4, 0.5) is 0 Å². The molecular weight excluding hydrogens is 618 g/mol. The summed E-state index contributed by atoms with van der Waals surface area (Å²) in [5, 5.41) is 0. The van der Waals surface area contributed by atoms with Gasteiger partial charge in [-0.3, -0.25) is 9.59 Å². The minimum atomic E-state index is -0.477. The summed E-state index contributed by atoms with van der Waals surface area (Å²) < 4.78 is 12.3. The fourth-order valence-corrected chi connectivity index (χ4v) is 15.0. The van der Waals surface area contributed by atoms with Crippen molar-refractivity contribution in [1.29, 1.82) is 0 Å². The first-order chi connectivity index (χ1) is 23.4. The number of rotatable bonds is 6. The largest absolute Gasteiger partial charge is 0.462 e. The summed E-state index contributed by atoms with van der Waals surface area (Å²) in [5.41, 5.74) is 9.34. The average molecular weight is 686 g/mol. The molecule has 0 bridgehead atoms. The second-order valence-electron chi connectivity index (χ2n) is 21.3. The molecule has 7 fully saturated rings. The first-order valence-corrected chi connectivity index (χ1v) is 20.6. The van der Waals surface area contributed by atoms with Gasteiger partial charge in [-0.25, -0.2) is 0 Å². The van der Waals surface area contributed by atoms with Crippen LogP contribution in [0.25, 0.3) is 0 Å². The van der Waals surface area contributed by atoms with E-state index in [0.29, 0.717) is 40.4 Å². The zero-order chi connectivity index (χ0) is 35.7. The normalized spacial score (nSPS) is 47.7. The van der Waals surface area contributed by atoms with Gasteiger partial charge in [0.1, 0.15) is 12.7 Å². The molecule has 0 spiro atoms. The molecule has 0 aromatic heterocycles. The molecule has 8 rings (SSSR count). The van der Waals surface area contributed by atoms with Gasteiger partial charge in [0.2, 0.25) is 0 Å². The van der Waals surface area contributed by atoms with E-state index in [-0.39, 0.29) is 52.9 Å². The van der Waals surface area contributed by atoms with Gasteiger partial charge in [-0.15, -0.1) is 0 Å². The molecule has 7 aliphatic carbocycles. The number of nitrogens with two attached hydrogens (primary N) is 1. The molecule has 0 heterocycles. The van der Waals surface area contributed by atoms with Crippen molar-refractivity contribution in [2.24, 2.45) is 79.6 Å². The smallest absolute Gasteiger partial charge is 0.309 e. The van der Waals surface area contributed by atoms with Gasteiger partial charge in [0.15, 0.2) is 0 Å². The Morgan fingerprint density at radius 1 is 0.680 bits per heavy atom. The van der Waals surface area contributed by atoms with Crippen LogP contribution in [0.5, 0.6) is 0 Å². The molecule has 5 heteroatoms. The summed E-state index contributed by atoms with van der Waals surface area (Å²) in [5.74, 6) is 2.62. The zero-order valence-corrected chi connectivity index (χ0v) is 32.6. The number of carbonyl (C=O) groups is 2. The lowest BCUT2D eigenvalue weighted by Gasteiger charge is -2.73. The summed E-state index contributed by atoms with van der Waals surface area (Å²) in [4.78, 5) is 27.0. The standard InChI is InChI=1S/C45H67NO4/c1-39(2)31(37(47)49-27-28-12-10-9-11-13-28)26-32(39)38(48)50-35-18-19-42(6)33(40(35,3)4)17-20-44(8)34(42)15-14-30-36-29(41(5)22-23-41)16-21-45(36,46)25-24-43(30,44)7/h9-13,29-36H,14-27,46H2,1-8H3/t29?,30-,31+,32-,33+,34-,35+,36-,42+,43-,44-,45+/m1/s1. The number of benzene rings is 1. The highest BCUT2D eigenvalue weighted by Gasteiger charge is 2.72. The fourth-order valence-electron chi connectivity index (χ4n) is 15.0. The minimum Gasteiger partial charge on any atom is -0.462 e. The number of esters is 2. The maximum absolute atomic E-state index is 13.9. The van der Waals surface area contributed by atoms with Crippen molar-refractivity contribution >= 4 is 11.9 Å². The van der Waals surface area contributed by atoms with Crippen LogP contribution in [0.3, 0.4) is 0 Å². The molecule has 0 amide bonds. The zero-order valence-electron chi connectivity index (χ0n) is 32.6. The summed E-state index contributed by atoms with van der Waals surface area (Å²) in [6, 6.07) is 9.80. The first-order valence-electron chi connectivity index (χ1n) is 20.6. The predicted octanol–water partition coefficient (Wildman–Crippen LogP) is 9.90. The maximum atomic E-state index is 13.9. The van der Waals surface area contributed by atoms with Gasteiger partial charge in [0, 0.05) is 11.0 Å². The lowest BCUT2D eigenvalue weighted by Crippen LogP contribution is -2.68. The lowest BCUT2D eigenvalue weighted by atomic mass is 9.32. The van der Waals surface area contributed by atoms with Crippen LogP contribution >= 0.6 is 0 Å². The van der Waals surface area contributed by atoms with Gasteiger partial charge in [0.25, 0.3) is 0 Å². The van der Waals surface area contributed by atoms with Crippen molar-refractivity contribution in [1.82, 2.24) is 0 Å². The number of hydrogen-bond acceptors (Lipinski definition) is 5. The Morgan fingerprint density at radius 2 is 1.38 bits per heavy atom. The molecular formula is C45H67NO4. The molecule has 5 nitrogen and oxygen atoms in total. The van der Waals surface area contributed by atoms with Gasteiger partial charge >= 0.3 is 11.9 Å². The molecule has 0 aliphatic heterocycles. The average Bonchev–Trinajstić information content (AvgIpc) is 3.70. The molecule has 2 N–H and O–H groups in total. The molecule has 0 saturated heterocycles. The molecule has 7 saturated carbocycles. The summed E-state index contributed by atoms with van der Waals surface area (Å²) >= 11 is 0. The van der Waals surface area contributed by atoms with E-state index >= 15 is 0 Å². The van der Waals surface area contributed by atoms with E-state index in [2.05, 4.69) is 41.5 Å². The second kappa shape index (κ2) is 11.3. The van der Waals surface area contributed by atoms with Crippen LogP contribution in [0, 0.1) is 73.9 Å². The van der Waals surface area contributed by atoms with Gasteiger partial charge < -0.3 is 15.2 Å². The van der Waals surface area contributed by atoms with Crippen molar-refractivity contribution < 1.29 is 19.1 Å². The van der Waals surface area contributed by atoms with E-state index in [0.717, 1.165) is 30.2 Å². The van der Waals surface area contributed by atoms with E-state index in [4.69, 9.17) is 15.2 Å². The quantitative estimate of drug-likeness (QED) is 0.302. The van der Waals surface area contributed by atoms with Crippen molar-refractivity contribution in [3.05, 3.63) is 35.9 Å². The Hall–Kier alpha value is -1.88. The van der Waals surface area contributed by atoms with Crippen LogP contribution in [0.2, 0.25) is 0 Å². The van der Waals surface area contributed by atoms with Crippen LogP contribution in [0.15, 0.2) is 30.3 Å². The molecule has 50 heavy (non-hydrogen) atoms. The third-order valence-electron chi connectivity index (χ3n) is 18.7. The fraction of sp³-hybridized carbons (Fsp3) is 0.822. The molecule has 1 aromatic carbocycles. The van der Waals surface area contributed by atoms with Crippen LogP contribution < -0.4 is 5.73 Å². The number of hydrogen-bond donors (Lipinski definition) is 1. The predicted molar refractivity (Wildman–Crippen MR) is 197 cm³/mol. The van der Waals surface area contributed by atoms with Crippen LogP contribution in [0.1, 0.15) is 144 Å². The second-order valence-corrected chi connectivity index (χ2v) is 21.3. The molecule has 7 aliphatic rings. The van der Waals surface area contributed by atoms with Crippen LogP contribution in [-0.2, 0) is 25.7 Å². The number of fused-ring (bicyclic) bond motifs is 7. The first kappa shape index (κ1) is 35.2. The Morgan fingerprint density at radius 3 is 2.06 bits per heavy atom. The third kappa shape index (κ3) is 4.85. The topological polar surface area (TPSA) is 78.6 Å². The lowest BCUT2D eigenvalue weighted by molar-refractivity contribution is -0.248. The highest BCUT2D eigenvalue weighted by Crippen LogP contribution is 2.77. The Labute approximate surface area is 303 Å². The Balaban J connectivity index is 0.953. The van der Waals surface area contributed by atoms with E-state index in [9.17, 15) is 9.59 Å². The molecule has 1 aromatic rings. The van der Waals surface area contributed by atoms with Crippen LogP contribution in [-0.4, -0.2) is 23.6 Å². The maximum Gasteiger partial charge on any atom is 0.309 e. The summed E-state index contributed by atoms with van der Waals surface area (Å²) in [6.45, 7) is 19.8.